The number of benzene rings is 1. The van der Waals surface area contributed by atoms with Gasteiger partial charge in [-0.3, -0.25) is 4.79 Å². The van der Waals surface area contributed by atoms with Crippen molar-refractivity contribution in [2.75, 3.05) is 0 Å². The van der Waals surface area contributed by atoms with Gasteiger partial charge < -0.3 is 10.2 Å². The van der Waals surface area contributed by atoms with E-state index in [-0.39, 0.29) is 0 Å². The second-order valence-electron chi connectivity index (χ2n) is 9.26. The summed E-state index contributed by atoms with van der Waals surface area (Å²) in [6.07, 6.45) is 11.1. The Morgan fingerprint density at radius 3 is 2.85 bits per heavy atom. The van der Waals surface area contributed by atoms with E-state index in [1.54, 1.807) is 0 Å². The van der Waals surface area contributed by atoms with Gasteiger partial charge in [0.05, 0.1) is 0 Å². The molecular formula is C23H32O3. The van der Waals surface area contributed by atoms with Crippen molar-refractivity contribution in [2.24, 2.45) is 23.2 Å². The monoisotopic (exact) mass is 356 g/mol. The van der Waals surface area contributed by atoms with Crippen LogP contribution >= 0.6 is 0 Å². The first-order valence-electron chi connectivity index (χ1n) is 10.5. The summed E-state index contributed by atoms with van der Waals surface area (Å²) in [6.45, 7) is 2.54. The minimum atomic E-state index is -0.659. The summed E-state index contributed by atoms with van der Waals surface area (Å²) in [5.74, 6) is 2.84. The van der Waals surface area contributed by atoms with Crippen LogP contribution in [0.3, 0.4) is 0 Å². The number of unbranched alkanes of at least 4 members (excludes halogenated alkanes) is 1. The molecule has 3 aliphatic carbocycles. The quantitative estimate of drug-likeness (QED) is 0.684. The van der Waals surface area contributed by atoms with Crippen molar-refractivity contribution in [3.8, 4) is 5.75 Å². The molecule has 0 bridgehead atoms. The maximum Gasteiger partial charge on any atom is 0.303 e. The highest BCUT2D eigenvalue weighted by Gasteiger charge is 2.54. The topological polar surface area (TPSA) is 57.5 Å². The van der Waals surface area contributed by atoms with E-state index >= 15 is 0 Å². The van der Waals surface area contributed by atoms with E-state index < -0.39 is 5.97 Å². The lowest BCUT2D eigenvalue weighted by Crippen LogP contribution is -2.42. The average Bonchev–Trinajstić information content (AvgIpc) is 2.94. The number of hydrogen-bond donors (Lipinski definition) is 2. The highest BCUT2D eigenvalue weighted by Crippen LogP contribution is 2.63. The van der Waals surface area contributed by atoms with Crippen molar-refractivity contribution >= 4 is 5.97 Å². The zero-order chi connectivity index (χ0) is 18.3. The van der Waals surface area contributed by atoms with E-state index in [4.69, 9.17) is 5.11 Å². The molecule has 3 nitrogen and oxygen atoms in total. The molecule has 0 aromatic heterocycles. The zero-order valence-electron chi connectivity index (χ0n) is 15.9. The molecule has 2 N–H and O–H groups in total. The van der Waals surface area contributed by atoms with Gasteiger partial charge in [0, 0.05) is 6.42 Å². The molecule has 5 atom stereocenters. The first kappa shape index (κ1) is 17.9. The molecular weight excluding hydrogens is 324 g/mol. The lowest BCUT2D eigenvalue weighted by molar-refractivity contribution is -0.137. The van der Waals surface area contributed by atoms with Gasteiger partial charge in [0.1, 0.15) is 5.75 Å². The van der Waals surface area contributed by atoms with Crippen LogP contribution in [-0.4, -0.2) is 16.2 Å². The average molecular weight is 357 g/mol. The van der Waals surface area contributed by atoms with Crippen LogP contribution in [0.1, 0.15) is 81.8 Å². The molecule has 0 radical (unpaired) electrons. The van der Waals surface area contributed by atoms with Gasteiger partial charge in [0.2, 0.25) is 0 Å². The smallest absolute Gasteiger partial charge is 0.303 e. The number of rotatable bonds is 5. The van der Waals surface area contributed by atoms with Crippen LogP contribution in [0.25, 0.3) is 0 Å². The standard InChI is InChI=1S/C23H32O3/c1-23-13-12-19-18-10-8-17(24)14-15(18)6-9-20(19)21(23)11-7-16(23)4-2-3-5-22(25)26/h8,10,14,16,19-21,24H,2-7,9,11-13H2,1H3,(H,25,26)/t16-,19-,20-,21-,23-/m0/s1. The second kappa shape index (κ2) is 6.90. The second-order valence-corrected chi connectivity index (χ2v) is 9.26. The molecule has 0 heterocycles. The fraction of sp³-hybridized carbons (Fsp3) is 0.696. The number of aromatic hydroxyl groups is 1. The first-order valence-corrected chi connectivity index (χ1v) is 10.5. The van der Waals surface area contributed by atoms with Gasteiger partial charge >= 0.3 is 5.97 Å². The van der Waals surface area contributed by atoms with Crippen molar-refractivity contribution in [1.82, 2.24) is 0 Å². The highest BCUT2D eigenvalue weighted by atomic mass is 16.4. The predicted octanol–water partition coefficient (Wildman–Crippen LogP) is 5.51. The Morgan fingerprint density at radius 1 is 1.19 bits per heavy atom. The SMILES string of the molecule is C[C@@]12CC[C@H]3c4ccc(O)cc4CC[C@@H]3[C@@H]1CC[C@@H]2CCCCC(=O)O. The molecule has 26 heavy (non-hydrogen) atoms. The summed E-state index contributed by atoms with van der Waals surface area (Å²) in [4.78, 5) is 10.7. The summed E-state index contributed by atoms with van der Waals surface area (Å²) < 4.78 is 0. The number of aryl methyl sites for hydroxylation is 1. The molecule has 0 spiro atoms. The lowest BCUT2D eigenvalue weighted by atomic mass is 9.54. The molecule has 3 heteroatoms. The van der Waals surface area contributed by atoms with Crippen molar-refractivity contribution in [3.05, 3.63) is 29.3 Å². The molecule has 0 aliphatic heterocycles. The van der Waals surface area contributed by atoms with Gasteiger partial charge in [-0.1, -0.05) is 19.4 Å². The van der Waals surface area contributed by atoms with Gasteiger partial charge in [0.25, 0.3) is 0 Å². The van der Waals surface area contributed by atoms with Gasteiger partial charge in [-0.15, -0.1) is 0 Å². The fourth-order valence-electron chi connectivity index (χ4n) is 6.82. The van der Waals surface area contributed by atoms with E-state index in [1.165, 1.54) is 49.7 Å². The normalized spacial score (nSPS) is 35.4. The summed E-state index contributed by atoms with van der Waals surface area (Å²) in [6, 6.07) is 6.04. The summed E-state index contributed by atoms with van der Waals surface area (Å²) >= 11 is 0. The van der Waals surface area contributed by atoms with E-state index in [1.807, 2.05) is 12.1 Å². The highest BCUT2D eigenvalue weighted by molar-refractivity contribution is 5.66. The molecule has 3 aliphatic rings. The first-order chi connectivity index (χ1) is 12.5. The number of carboxylic acid groups (broad SMARTS) is 1. The van der Waals surface area contributed by atoms with Crippen LogP contribution < -0.4 is 0 Å². The molecule has 142 valence electrons. The molecule has 2 saturated carbocycles. The number of carbonyl (C=O) groups is 1. The van der Waals surface area contributed by atoms with Crippen molar-refractivity contribution in [2.45, 2.75) is 77.0 Å². The Labute approximate surface area is 156 Å². The van der Waals surface area contributed by atoms with Gasteiger partial charge in [-0.05, 0) is 104 Å². The van der Waals surface area contributed by atoms with E-state index in [0.717, 1.165) is 37.0 Å². The summed E-state index contributed by atoms with van der Waals surface area (Å²) in [5, 5.41) is 18.7. The molecule has 4 rings (SSSR count). The third kappa shape index (κ3) is 3.04. The van der Waals surface area contributed by atoms with Crippen LogP contribution in [0, 0.1) is 23.2 Å². The largest absolute Gasteiger partial charge is 0.508 e. The Morgan fingerprint density at radius 2 is 2.04 bits per heavy atom. The van der Waals surface area contributed by atoms with Crippen LogP contribution in [-0.2, 0) is 11.2 Å². The molecule has 0 saturated heterocycles. The maximum absolute atomic E-state index is 10.7. The minimum absolute atomic E-state index is 0.321. The van der Waals surface area contributed by atoms with Crippen molar-refractivity contribution in [1.29, 1.82) is 0 Å². The van der Waals surface area contributed by atoms with E-state index in [2.05, 4.69) is 13.0 Å². The van der Waals surface area contributed by atoms with Crippen molar-refractivity contribution in [3.63, 3.8) is 0 Å². The third-order valence-electron chi connectivity index (χ3n) is 8.10. The van der Waals surface area contributed by atoms with Crippen LogP contribution in [0.15, 0.2) is 18.2 Å². The van der Waals surface area contributed by atoms with Gasteiger partial charge in [-0.25, -0.2) is 0 Å². The summed E-state index contributed by atoms with van der Waals surface area (Å²) in [7, 11) is 0. The molecule has 0 unspecified atom stereocenters. The third-order valence-corrected chi connectivity index (χ3v) is 8.10. The van der Waals surface area contributed by atoms with Crippen LogP contribution in [0.4, 0.5) is 0 Å². The number of hydrogen-bond acceptors (Lipinski definition) is 2. The van der Waals surface area contributed by atoms with Gasteiger partial charge in [-0.2, -0.15) is 0 Å². The lowest BCUT2D eigenvalue weighted by Gasteiger charge is -2.51. The van der Waals surface area contributed by atoms with Crippen molar-refractivity contribution < 1.29 is 15.0 Å². The molecule has 1 aromatic carbocycles. The fourth-order valence-corrected chi connectivity index (χ4v) is 6.82. The maximum atomic E-state index is 10.7. The number of carboxylic acids is 1. The van der Waals surface area contributed by atoms with Crippen LogP contribution in [0.2, 0.25) is 0 Å². The number of aliphatic carboxylic acids is 1. The van der Waals surface area contributed by atoms with Crippen LogP contribution in [0.5, 0.6) is 5.75 Å². The minimum Gasteiger partial charge on any atom is -0.508 e. The van der Waals surface area contributed by atoms with E-state index in [9.17, 15) is 9.90 Å². The Balaban J connectivity index is 1.46. The predicted molar refractivity (Wildman–Crippen MR) is 102 cm³/mol. The number of phenols is 1. The summed E-state index contributed by atoms with van der Waals surface area (Å²) in [5.41, 5.74) is 3.34. The number of fused-ring (bicyclic) bond motifs is 5. The zero-order valence-corrected chi connectivity index (χ0v) is 15.9. The Hall–Kier alpha value is -1.51. The van der Waals surface area contributed by atoms with E-state index in [0.29, 0.717) is 23.5 Å². The number of phenolic OH excluding ortho intramolecular Hbond substituents is 1. The molecule has 2 fully saturated rings. The van der Waals surface area contributed by atoms with Gasteiger partial charge in [0.15, 0.2) is 0 Å². The molecule has 1 aromatic rings. The Kier molecular flexibility index (Phi) is 4.75. The molecule has 0 amide bonds. The Bertz CT molecular complexity index is 682.